The van der Waals surface area contributed by atoms with E-state index >= 15 is 0 Å². The molecule has 0 aromatic rings. The minimum atomic E-state index is -0.786. The Bertz CT molecular complexity index is 427. The van der Waals surface area contributed by atoms with Gasteiger partial charge in [0, 0.05) is 25.6 Å². The predicted molar refractivity (Wildman–Crippen MR) is 74.2 cm³/mol. The van der Waals surface area contributed by atoms with E-state index in [2.05, 4.69) is 4.74 Å². The van der Waals surface area contributed by atoms with Crippen molar-refractivity contribution >= 4 is 24.1 Å². The molecule has 0 heterocycles. The molecule has 21 heavy (non-hydrogen) atoms. The summed E-state index contributed by atoms with van der Waals surface area (Å²) < 4.78 is 9.15. The van der Waals surface area contributed by atoms with Gasteiger partial charge in [0.2, 0.25) is 5.91 Å². The first-order valence-corrected chi connectivity index (χ1v) is 6.36. The van der Waals surface area contributed by atoms with Crippen LogP contribution in [0.5, 0.6) is 0 Å². The fourth-order valence-electron chi connectivity index (χ4n) is 1.45. The maximum absolute atomic E-state index is 12.0. The van der Waals surface area contributed by atoms with Crippen molar-refractivity contribution in [2.24, 2.45) is 5.41 Å². The number of hydrogen-bond acceptors (Lipinski definition) is 6. The molecule has 0 fully saturated rings. The zero-order chi connectivity index (χ0) is 16.5. The topological polar surface area (TPSA) is 90.0 Å². The van der Waals surface area contributed by atoms with Crippen molar-refractivity contribution in [1.82, 2.24) is 4.90 Å². The molecule has 0 saturated carbocycles. The number of carbonyl (C=O) groups excluding carboxylic acids is 4. The summed E-state index contributed by atoms with van der Waals surface area (Å²) in [7, 11) is 2.76. The zero-order valence-corrected chi connectivity index (χ0v) is 12.8. The molecule has 0 spiro atoms. The van der Waals surface area contributed by atoms with Crippen LogP contribution in [0.25, 0.3) is 0 Å². The Balaban J connectivity index is 4.20. The van der Waals surface area contributed by atoms with E-state index in [0.717, 1.165) is 12.2 Å². The summed E-state index contributed by atoms with van der Waals surface area (Å²) in [5.41, 5.74) is -0.786. The number of ether oxygens (including phenoxy) is 2. The first-order chi connectivity index (χ1) is 9.74. The Kier molecular flexibility index (Phi) is 7.96. The van der Waals surface area contributed by atoms with E-state index in [1.54, 1.807) is 20.9 Å². The highest BCUT2D eigenvalue weighted by atomic mass is 16.5. The molecule has 118 valence electrons. The Morgan fingerprint density at radius 2 is 1.71 bits per heavy atom. The van der Waals surface area contributed by atoms with Crippen LogP contribution in [-0.4, -0.2) is 56.3 Å². The van der Waals surface area contributed by atoms with Crippen LogP contribution in [0.2, 0.25) is 0 Å². The van der Waals surface area contributed by atoms with Gasteiger partial charge < -0.3 is 19.2 Å². The first kappa shape index (κ1) is 18.8. The maximum Gasteiger partial charge on any atom is 0.331 e. The second-order valence-electron chi connectivity index (χ2n) is 5.01. The molecule has 1 amide bonds. The number of amides is 1. The molecule has 0 unspecified atom stereocenters. The van der Waals surface area contributed by atoms with Crippen molar-refractivity contribution in [2.75, 3.05) is 27.3 Å². The first-order valence-electron chi connectivity index (χ1n) is 6.36. The molecule has 0 bridgehead atoms. The Hall–Kier alpha value is -2.18. The quantitative estimate of drug-likeness (QED) is 0.364. The molecule has 0 aromatic carbocycles. The van der Waals surface area contributed by atoms with E-state index < -0.39 is 17.4 Å². The minimum Gasteiger partial charge on any atom is -0.466 e. The van der Waals surface area contributed by atoms with Gasteiger partial charge in [0.15, 0.2) is 0 Å². The summed E-state index contributed by atoms with van der Waals surface area (Å²) in [5.74, 6) is -1.57. The molecule has 7 heteroatoms. The number of methoxy groups -OCH3 is 1. The average molecular weight is 299 g/mol. The lowest BCUT2D eigenvalue weighted by Crippen LogP contribution is -2.40. The molecular weight excluding hydrogens is 278 g/mol. The Morgan fingerprint density at radius 1 is 1.14 bits per heavy atom. The third kappa shape index (κ3) is 7.24. The molecule has 0 saturated heterocycles. The summed E-state index contributed by atoms with van der Waals surface area (Å²) in [5, 5.41) is 0. The standard InChI is InChI=1S/C14H21NO6/c1-14(2,7-9-16)13(19)15(3)8-10-21-12(18)6-5-11(17)20-4/h5-6,9H,7-8,10H2,1-4H3/b6-5+. The summed E-state index contributed by atoms with van der Waals surface area (Å²) in [4.78, 5) is 46.0. The number of hydrogen-bond donors (Lipinski definition) is 0. The van der Waals surface area contributed by atoms with E-state index in [1.807, 2.05) is 0 Å². The largest absolute Gasteiger partial charge is 0.466 e. The van der Waals surface area contributed by atoms with Gasteiger partial charge >= 0.3 is 11.9 Å². The molecule has 0 radical (unpaired) electrons. The van der Waals surface area contributed by atoms with Crippen molar-refractivity contribution < 1.29 is 28.7 Å². The van der Waals surface area contributed by atoms with Gasteiger partial charge in [0.25, 0.3) is 0 Å². The van der Waals surface area contributed by atoms with Gasteiger partial charge in [0.1, 0.15) is 12.9 Å². The monoisotopic (exact) mass is 299 g/mol. The van der Waals surface area contributed by atoms with Gasteiger partial charge in [-0.25, -0.2) is 9.59 Å². The lowest BCUT2D eigenvalue weighted by Gasteiger charge is -2.27. The maximum atomic E-state index is 12.0. The highest BCUT2D eigenvalue weighted by molar-refractivity contribution is 5.91. The van der Waals surface area contributed by atoms with Gasteiger partial charge in [0.05, 0.1) is 19.1 Å². The molecular formula is C14H21NO6. The summed E-state index contributed by atoms with van der Waals surface area (Å²) in [6, 6.07) is 0. The highest BCUT2D eigenvalue weighted by Gasteiger charge is 2.29. The molecule has 0 N–H and O–H groups in total. The van der Waals surface area contributed by atoms with Gasteiger partial charge in [-0.15, -0.1) is 0 Å². The number of likely N-dealkylation sites (N-methyl/N-ethyl adjacent to an activating group) is 1. The normalized spacial score (nSPS) is 11.0. The molecule has 0 aliphatic rings. The van der Waals surface area contributed by atoms with E-state index in [0.29, 0.717) is 6.29 Å². The number of nitrogens with zero attached hydrogens (tertiary/aromatic N) is 1. The van der Waals surface area contributed by atoms with Crippen molar-refractivity contribution in [2.45, 2.75) is 20.3 Å². The molecule has 0 atom stereocenters. The van der Waals surface area contributed by atoms with Crippen LogP contribution in [0.1, 0.15) is 20.3 Å². The SMILES string of the molecule is COC(=O)/C=C/C(=O)OCCN(C)C(=O)C(C)(C)CC=O. The summed E-state index contributed by atoms with van der Waals surface area (Å²) >= 11 is 0. The fourth-order valence-corrected chi connectivity index (χ4v) is 1.45. The molecule has 7 nitrogen and oxygen atoms in total. The number of esters is 2. The molecule has 0 aromatic heterocycles. The second-order valence-corrected chi connectivity index (χ2v) is 5.01. The second kappa shape index (κ2) is 8.89. The zero-order valence-electron chi connectivity index (χ0n) is 12.8. The van der Waals surface area contributed by atoms with Crippen LogP contribution in [0.3, 0.4) is 0 Å². The lowest BCUT2D eigenvalue weighted by atomic mass is 9.88. The predicted octanol–water partition coefficient (Wildman–Crippen LogP) is 0.332. The van der Waals surface area contributed by atoms with E-state index in [4.69, 9.17) is 4.74 Å². The molecule has 0 aliphatic heterocycles. The molecule has 0 aliphatic carbocycles. The van der Waals surface area contributed by atoms with Gasteiger partial charge in [-0.1, -0.05) is 13.8 Å². The van der Waals surface area contributed by atoms with Gasteiger partial charge in [-0.2, -0.15) is 0 Å². The van der Waals surface area contributed by atoms with Crippen LogP contribution in [0.15, 0.2) is 12.2 Å². The van der Waals surface area contributed by atoms with Crippen LogP contribution >= 0.6 is 0 Å². The van der Waals surface area contributed by atoms with E-state index in [-0.39, 0.29) is 25.5 Å². The number of rotatable bonds is 8. The van der Waals surface area contributed by atoms with Crippen LogP contribution in [0, 0.1) is 5.41 Å². The van der Waals surface area contributed by atoms with Crippen molar-refractivity contribution in [3.8, 4) is 0 Å². The van der Waals surface area contributed by atoms with Gasteiger partial charge in [-0.3, -0.25) is 4.79 Å². The summed E-state index contributed by atoms with van der Waals surface area (Å²) in [6.07, 6.45) is 2.72. The summed E-state index contributed by atoms with van der Waals surface area (Å²) in [6.45, 7) is 3.53. The third-order valence-corrected chi connectivity index (χ3v) is 2.75. The number of aldehydes is 1. The smallest absolute Gasteiger partial charge is 0.331 e. The molecule has 0 rings (SSSR count). The average Bonchev–Trinajstić information content (AvgIpc) is 2.43. The van der Waals surface area contributed by atoms with Crippen LogP contribution in [-0.2, 0) is 28.7 Å². The van der Waals surface area contributed by atoms with E-state index in [9.17, 15) is 19.2 Å². The van der Waals surface area contributed by atoms with Crippen LogP contribution in [0.4, 0.5) is 0 Å². The van der Waals surface area contributed by atoms with E-state index in [1.165, 1.54) is 12.0 Å². The van der Waals surface area contributed by atoms with Gasteiger partial charge in [-0.05, 0) is 0 Å². The van der Waals surface area contributed by atoms with Crippen molar-refractivity contribution in [3.05, 3.63) is 12.2 Å². The fraction of sp³-hybridized carbons (Fsp3) is 0.571. The minimum absolute atomic E-state index is 0.0102. The van der Waals surface area contributed by atoms with Crippen molar-refractivity contribution in [1.29, 1.82) is 0 Å². The Morgan fingerprint density at radius 3 is 2.24 bits per heavy atom. The highest BCUT2D eigenvalue weighted by Crippen LogP contribution is 2.21. The Labute approximate surface area is 123 Å². The number of carbonyl (C=O) groups is 4. The van der Waals surface area contributed by atoms with Crippen LogP contribution < -0.4 is 0 Å². The lowest BCUT2D eigenvalue weighted by molar-refractivity contribution is -0.144. The third-order valence-electron chi connectivity index (χ3n) is 2.75. The van der Waals surface area contributed by atoms with Crippen molar-refractivity contribution in [3.63, 3.8) is 0 Å².